The zero-order valence-electron chi connectivity index (χ0n) is 15.3. The molecule has 0 bridgehead atoms. The summed E-state index contributed by atoms with van der Waals surface area (Å²) in [7, 11) is 0. The van der Waals surface area contributed by atoms with E-state index in [2.05, 4.69) is 32.3 Å². The third-order valence-electron chi connectivity index (χ3n) is 4.87. The van der Waals surface area contributed by atoms with Crippen molar-refractivity contribution in [1.29, 1.82) is 0 Å². The summed E-state index contributed by atoms with van der Waals surface area (Å²) in [5, 5.41) is 7.26. The van der Waals surface area contributed by atoms with Gasteiger partial charge in [-0.3, -0.25) is 4.79 Å². The number of nitrogens with zero attached hydrogens (tertiary/aromatic N) is 4. The summed E-state index contributed by atoms with van der Waals surface area (Å²) in [6, 6.07) is 11.6. The number of aromatic nitrogens is 3. The number of nitrogens with one attached hydrogen (secondary N) is 1. The Morgan fingerprint density at radius 3 is 3.00 bits per heavy atom. The van der Waals surface area contributed by atoms with Crippen molar-refractivity contribution in [2.75, 3.05) is 18.4 Å². The molecule has 0 saturated carbocycles. The third-order valence-corrected chi connectivity index (χ3v) is 4.87. The van der Waals surface area contributed by atoms with Crippen LogP contribution in [0.3, 0.4) is 0 Å². The number of carbonyl (C=O) groups excluding carboxylic acids is 1. The maximum absolute atomic E-state index is 12.9. The minimum Gasteiger partial charge on any atom is -0.370 e. The zero-order chi connectivity index (χ0) is 18.6. The van der Waals surface area contributed by atoms with Crippen LogP contribution in [0.25, 0.3) is 0 Å². The molecule has 1 aliphatic rings. The Labute approximate surface area is 158 Å². The van der Waals surface area contributed by atoms with Crippen LogP contribution in [0.2, 0.25) is 0 Å². The molecule has 0 saturated heterocycles. The quantitative estimate of drug-likeness (QED) is 0.752. The van der Waals surface area contributed by atoms with Crippen LogP contribution in [0, 0.1) is 12.8 Å². The van der Waals surface area contributed by atoms with Crippen LogP contribution >= 0.6 is 0 Å². The molecule has 3 aromatic heterocycles. The van der Waals surface area contributed by atoms with E-state index in [1.165, 1.54) is 0 Å². The summed E-state index contributed by atoms with van der Waals surface area (Å²) in [5.41, 5.74) is 1.52. The van der Waals surface area contributed by atoms with Crippen molar-refractivity contribution in [2.45, 2.75) is 26.4 Å². The number of hydrogen-bond acceptors (Lipinski definition) is 5. The summed E-state index contributed by atoms with van der Waals surface area (Å²) in [5.74, 6) is 1.78. The van der Waals surface area contributed by atoms with Crippen LogP contribution in [0.5, 0.6) is 0 Å². The average molecular weight is 365 g/mol. The van der Waals surface area contributed by atoms with Crippen molar-refractivity contribution < 1.29 is 9.32 Å². The second kappa shape index (κ2) is 7.65. The molecular formula is C20H23N5O2. The Kier molecular flexibility index (Phi) is 4.91. The lowest BCUT2D eigenvalue weighted by Gasteiger charge is -2.23. The van der Waals surface area contributed by atoms with Gasteiger partial charge in [-0.25, -0.2) is 4.98 Å². The van der Waals surface area contributed by atoms with Crippen LogP contribution in [-0.4, -0.2) is 38.6 Å². The highest BCUT2D eigenvalue weighted by atomic mass is 16.5. The lowest BCUT2D eigenvalue weighted by molar-refractivity contribution is 0.0709. The molecule has 27 heavy (non-hydrogen) atoms. The maximum atomic E-state index is 12.9. The van der Waals surface area contributed by atoms with Gasteiger partial charge < -0.3 is 19.3 Å². The summed E-state index contributed by atoms with van der Waals surface area (Å²) in [6.07, 6.45) is 4.80. The molecule has 0 unspecified atom stereocenters. The van der Waals surface area contributed by atoms with E-state index < -0.39 is 0 Å². The SMILES string of the molecule is Cc1cc(C(=O)N2Cc3cccn3C[C@H](CCNc3ccccn3)C2)no1. The normalized spacial score (nSPS) is 16.6. The van der Waals surface area contributed by atoms with Gasteiger partial charge in [-0.15, -0.1) is 0 Å². The summed E-state index contributed by atoms with van der Waals surface area (Å²) < 4.78 is 7.33. The first kappa shape index (κ1) is 17.3. The minimum absolute atomic E-state index is 0.0795. The number of rotatable bonds is 5. The van der Waals surface area contributed by atoms with E-state index in [9.17, 15) is 4.79 Å². The van der Waals surface area contributed by atoms with Gasteiger partial charge in [0.05, 0.1) is 6.54 Å². The van der Waals surface area contributed by atoms with Gasteiger partial charge >= 0.3 is 0 Å². The van der Waals surface area contributed by atoms with Crippen LogP contribution < -0.4 is 5.32 Å². The number of pyridine rings is 1. The summed E-state index contributed by atoms with van der Waals surface area (Å²) >= 11 is 0. The van der Waals surface area contributed by atoms with Gasteiger partial charge in [0.25, 0.3) is 5.91 Å². The molecule has 140 valence electrons. The van der Waals surface area contributed by atoms with Gasteiger partial charge in [-0.2, -0.15) is 0 Å². The molecule has 1 atom stereocenters. The Morgan fingerprint density at radius 1 is 1.30 bits per heavy atom. The Morgan fingerprint density at radius 2 is 2.22 bits per heavy atom. The minimum atomic E-state index is -0.0795. The molecule has 0 aromatic carbocycles. The largest absolute Gasteiger partial charge is 0.370 e. The molecule has 1 amide bonds. The predicted octanol–water partition coefficient (Wildman–Crippen LogP) is 2.95. The molecule has 3 aromatic rings. The first-order valence-corrected chi connectivity index (χ1v) is 9.20. The highest BCUT2D eigenvalue weighted by Gasteiger charge is 2.27. The lowest BCUT2D eigenvalue weighted by Crippen LogP contribution is -2.34. The van der Waals surface area contributed by atoms with Crippen LogP contribution in [0.15, 0.2) is 53.3 Å². The fourth-order valence-corrected chi connectivity index (χ4v) is 3.52. The maximum Gasteiger partial charge on any atom is 0.276 e. The highest BCUT2D eigenvalue weighted by Crippen LogP contribution is 2.21. The molecule has 0 spiro atoms. The topological polar surface area (TPSA) is 76.2 Å². The van der Waals surface area contributed by atoms with E-state index in [4.69, 9.17) is 4.52 Å². The van der Waals surface area contributed by atoms with E-state index in [0.717, 1.165) is 31.0 Å². The summed E-state index contributed by atoms with van der Waals surface area (Å²) in [6.45, 7) is 4.78. The van der Waals surface area contributed by atoms with E-state index in [0.29, 0.717) is 30.5 Å². The monoisotopic (exact) mass is 365 g/mol. The molecule has 1 N–H and O–H groups in total. The number of hydrogen-bond donors (Lipinski definition) is 1. The molecule has 4 rings (SSSR count). The van der Waals surface area contributed by atoms with E-state index in [1.807, 2.05) is 29.2 Å². The van der Waals surface area contributed by atoms with E-state index in [1.54, 1.807) is 19.2 Å². The van der Waals surface area contributed by atoms with Crippen molar-refractivity contribution >= 4 is 11.7 Å². The number of fused-ring (bicyclic) bond motifs is 1. The van der Waals surface area contributed by atoms with Gasteiger partial charge in [-0.05, 0) is 43.5 Å². The lowest BCUT2D eigenvalue weighted by atomic mass is 10.0. The third kappa shape index (κ3) is 4.02. The molecule has 0 radical (unpaired) electrons. The fourth-order valence-electron chi connectivity index (χ4n) is 3.52. The van der Waals surface area contributed by atoms with Gasteiger partial charge in [0, 0.05) is 43.8 Å². The van der Waals surface area contributed by atoms with Crippen molar-refractivity contribution in [2.24, 2.45) is 5.92 Å². The number of aryl methyl sites for hydroxylation is 1. The fraction of sp³-hybridized carbons (Fsp3) is 0.350. The first-order valence-electron chi connectivity index (χ1n) is 9.20. The van der Waals surface area contributed by atoms with Crippen molar-refractivity contribution in [3.8, 4) is 0 Å². The molecule has 7 nitrogen and oxygen atoms in total. The Bertz CT molecular complexity index is 902. The molecule has 0 aliphatic carbocycles. The van der Waals surface area contributed by atoms with Crippen molar-refractivity contribution in [1.82, 2.24) is 19.6 Å². The molecule has 0 fully saturated rings. The predicted molar refractivity (Wildman–Crippen MR) is 101 cm³/mol. The number of amides is 1. The molecule has 4 heterocycles. The van der Waals surface area contributed by atoms with E-state index in [-0.39, 0.29) is 5.91 Å². The number of carbonyl (C=O) groups is 1. The first-order chi connectivity index (χ1) is 13.2. The molecular weight excluding hydrogens is 342 g/mol. The van der Waals surface area contributed by atoms with Crippen LogP contribution in [-0.2, 0) is 13.1 Å². The average Bonchev–Trinajstić information content (AvgIpc) is 3.26. The van der Waals surface area contributed by atoms with Gasteiger partial charge in [0.2, 0.25) is 0 Å². The number of anilines is 1. The molecule has 7 heteroatoms. The van der Waals surface area contributed by atoms with Crippen molar-refractivity contribution in [3.05, 3.63) is 65.9 Å². The summed E-state index contributed by atoms with van der Waals surface area (Å²) in [4.78, 5) is 19.1. The standard InChI is InChI=1S/C20H23N5O2/c1-15-11-18(23-27-15)20(26)25-13-16(12-24-10-4-5-17(24)14-25)7-9-22-19-6-2-3-8-21-19/h2-6,8,10-11,16H,7,9,12-14H2,1H3,(H,21,22)/t16-/m0/s1. The second-order valence-corrected chi connectivity index (χ2v) is 6.96. The second-order valence-electron chi connectivity index (χ2n) is 6.96. The van der Waals surface area contributed by atoms with Gasteiger partial charge in [0.15, 0.2) is 5.69 Å². The van der Waals surface area contributed by atoms with Crippen LogP contribution in [0.1, 0.15) is 28.4 Å². The van der Waals surface area contributed by atoms with Crippen LogP contribution in [0.4, 0.5) is 5.82 Å². The smallest absolute Gasteiger partial charge is 0.276 e. The Balaban J connectivity index is 1.46. The molecule has 1 aliphatic heterocycles. The highest BCUT2D eigenvalue weighted by molar-refractivity contribution is 5.92. The Hall–Kier alpha value is -3.09. The van der Waals surface area contributed by atoms with Gasteiger partial charge in [0.1, 0.15) is 11.6 Å². The zero-order valence-corrected chi connectivity index (χ0v) is 15.3. The van der Waals surface area contributed by atoms with Crippen molar-refractivity contribution in [3.63, 3.8) is 0 Å². The van der Waals surface area contributed by atoms with Gasteiger partial charge in [-0.1, -0.05) is 11.2 Å². The van der Waals surface area contributed by atoms with E-state index >= 15 is 0 Å².